The van der Waals surface area contributed by atoms with Crippen molar-refractivity contribution in [2.24, 2.45) is 0 Å². The Hall–Kier alpha value is 0.1000. The van der Waals surface area contributed by atoms with Crippen LogP contribution < -0.4 is 0 Å². The van der Waals surface area contributed by atoms with Crippen molar-refractivity contribution in [1.29, 1.82) is 0 Å². The van der Waals surface area contributed by atoms with Crippen molar-refractivity contribution >= 4 is 54.8 Å². The zero-order valence-electron chi connectivity index (χ0n) is 7.88. The van der Waals surface area contributed by atoms with Gasteiger partial charge in [-0.15, -0.1) is 11.3 Å². The van der Waals surface area contributed by atoms with Crippen LogP contribution in [-0.4, -0.2) is 0 Å². The quantitative estimate of drug-likeness (QED) is 0.575. The topological polar surface area (TPSA) is 0 Å². The van der Waals surface area contributed by atoms with Crippen molar-refractivity contribution in [3.8, 4) is 0 Å². The van der Waals surface area contributed by atoms with Crippen LogP contribution in [0.1, 0.15) is 15.3 Å². The van der Waals surface area contributed by atoms with Crippen LogP contribution in [0, 0.1) is 5.82 Å². The van der Waals surface area contributed by atoms with E-state index in [0.717, 1.165) is 9.35 Å². The number of rotatable bonds is 2. The Labute approximate surface area is 119 Å². The molecule has 1 aromatic heterocycles. The molecule has 0 spiro atoms. The molecule has 84 valence electrons. The summed E-state index contributed by atoms with van der Waals surface area (Å²) in [5, 5.41) is 2.54. The van der Waals surface area contributed by atoms with Crippen LogP contribution in [0.3, 0.4) is 0 Å². The number of halogens is 4. The van der Waals surface area contributed by atoms with Gasteiger partial charge in [-0.1, -0.05) is 49.5 Å². The summed E-state index contributed by atoms with van der Waals surface area (Å²) in [6, 6.07) is 6.73. The lowest BCUT2D eigenvalue weighted by Gasteiger charge is -2.12. The van der Waals surface area contributed by atoms with Crippen LogP contribution in [-0.2, 0) is 0 Å². The zero-order chi connectivity index (χ0) is 11.7. The summed E-state index contributed by atoms with van der Waals surface area (Å²) in [5.74, 6) is -0.249. The molecule has 0 aliphatic rings. The minimum absolute atomic E-state index is 0.226. The van der Waals surface area contributed by atoms with Crippen LogP contribution in [0.5, 0.6) is 0 Å². The summed E-state index contributed by atoms with van der Waals surface area (Å²) >= 11 is 14.4. The molecule has 1 atom stereocenters. The first-order chi connectivity index (χ1) is 7.61. The van der Waals surface area contributed by atoms with E-state index in [1.165, 1.54) is 17.4 Å². The van der Waals surface area contributed by atoms with Gasteiger partial charge in [0.1, 0.15) is 5.82 Å². The second kappa shape index (κ2) is 5.17. The van der Waals surface area contributed by atoms with Crippen LogP contribution in [0.15, 0.2) is 34.1 Å². The SMILES string of the molecule is Fc1cccc(Br)c1C(Br)c1sccc1Cl. The third kappa shape index (κ3) is 2.35. The first-order valence-electron chi connectivity index (χ1n) is 4.42. The highest BCUT2D eigenvalue weighted by atomic mass is 79.9. The van der Waals surface area contributed by atoms with Crippen molar-refractivity contribution in [3.63, 3.8) is 0 Å². The van der Waals surface area contributed by atoms with Crippen molar-refractivity contribution in [2.45, 2.75) is 4.83 Å². The molecule has 1 aromatic carbocycles. The third-order valence-electron chi connectivity index (χ3n) is 2.13. The molecule has 5 heteroatoms. The summed E-state index contributed by atoms with van der Waals surface area (Å²) in [4.78, 5) is 0.683. The molecule has 0 aliphatic heterocycles. The van der Waals surface area contributed by atoms with Gasteiger partial charge in [-0.05, 0) is 23.6 Å². The maximum absolute atomic E-state index is 13.7. The molecule has 16 heavy (non-hydrogen) atoms. The lowest BCUT2D eigenvalue weighted by atomic mass is 10.1. The fourth-order valence-electron chi connectivity index (χ4n) is 1.37. The fourth-order valence-corrected chi connectivity index (χ4v) is 4.56. The molecule has 0 saturated heterocycles. The number of hydrogen-bond donors (Lipinski definition) is 0. The number of thiophene rings is 1. The molecule has 2 rings (SSSR count). The van der Waals surface area contributed by atoms with Gasteiger partial charge in [-0.25, -0.2) is 4.39 Å². The van der Waals surface area contributed by atoms with Crippen molar-refractivity contribution in [3.05, 3.63) is 55.4 Å². The Balaban J connectivity index is 2.49. The van der Waals surface area contributed by atoms with E-state index >= 15 is 0 Å². The van der Waals surface area contributed by atoms with Crippen molar-refractivity contribution in [1.82, 2.24) is 0 Å². The van der Waals surface area contributed by atoms with Gasteiger partial charge in [-0.2, -0.15) is 0 Å². The standard InChI is InChI=1S/C11H6Br2ClFS/c12-6-2-1-3-8(15)9(6)10(13)11-7(14)4-5-16-11/h1-5,10H. The molecule has 1 unspecified atom stereocenters. The average Bonchev–Trinajstić information content (AvgIpc) is 2.64. The van der Waals surface area contributed by atoms with Crippen LogP contribution in [0.4, 0.5) is 4.39 Å². The molecular weight excluding hydrogens is 378 g/mol. The van der Waals surface area contributed by atoms with Gasteiger partial charge < -0.3 is 0 Å². The molecule has 0 saturated carbocycles. The Morgan fingerprint density at radius 3 is 2.62 bits per heavy atom. The van der Waals surface area contributed by atoms with Crippen molar-refractivity contribution in [2.75, 3.05) is 0 Å². The number of alkyl halides is 1. The molecule has 2 aromatic rings. The molecule has 0 N–H and O–H groups in total. The average molecular weight is 384 g/mol. The maximum Gasteiger partial charge on any atom is 0.129 e. The highest BCUT2D eigenvalue weighted by Crippen LogP contribution is 2.42. The summed E-state index contributed by atoms with van der Waals surface area (Å²) in [6.07, 6.45) is 0. The Morgan fingerprint density at radius 1 is 1.31 bits per heavy atom. The maximum atomic E-state index is 13.7. The summed E-state index contributed by atoms with van der Waals surface area (Å²) in [5.41, 5.74) is 0.576. The fraction of sp³-hybridized carbons (Fsp3) is 0.0909. The van der Waals surface area contributed by atoms with Crippen molar-refractivity contribution < 1.29 is 4.39 Å². The van der Waals surface area contributed by atoms with E-state index in [0.29, 0.717) is 10.6 Å². The number of hydrogen-bond acceptors (Lipinski definition) is 1. The Bertz CT molecular complexity index is 492. The Kier molecular flexibility index (Phi) is 4.06. The Morgan fingerprint density at radius 2 is 2.06 bits per heavy atom. The van der Waals surface area contributed by atoms with Gasteiger partial charge in [0.05, 0.1) is 9.85 Å². The van der Waals surface area contributed by atoms with Crippen LogP contribution in [0.2, 0.25) is 5.02 Å². The molecule has 0 bridgehead atoms. The lowest BCUT2D eigenvalue weighted by molar-refractivity contribution is 0.612. The summed E-state index contributed by atoms with van der Waals surface area (Å²) in [7, 11) is 0. The summed E-state index contributed by atoms with van der Waals surface area (Å²) in [6.45, 7) is 0. The van der Waals surface area contributed by atoms with Gasteiger partial charge >= 0.3 is 0 Å². The predicted molar refractivity (Wildman–Crippen MR) is 74.2 cm³/mol. The molecular formula is C11H6Br2ClFS. The molecule has 0 fully saturated rings. The zero-order valence-corrected chi connectivity index (χ0v) is 12.6. The largest absolute Gasteiger partial charge is 0.207 e. The smallest absolute Gasteiger partial charge is 0.129 e. The molecule has 0 aliphatic carbocycles. The number of benzene rings is 1. The molecule has 0 radical (unpaired) electrons. The van der Waals surface area contributed by atoms with E-state index in [4.69, 9.17) is 11.6 Å². The van der Waals surface area contributed by atoms with Gasteiger partial charge in [0.25, 0.3) is 0 Å². The van der Waals surface area contributed by atoms with E-state index in [1.54, 1.807) is 6.07 Å². The van der Waals surface area contributed by atoms with Crippen LogP contribution in [0.25, 0.3) is 0 Å². The molecule has 0 nitrogen and oxygen atoms in total. The monoisotopic (exact) mass is 382 g/mol. The van der Waals surface area contributed by atoms with E-state index in [-0.39, 0.29) is 10.6 Å². The van der Waals surface area contributed by atoms with E-state index in [9.17, 15) is 4.39 Å². The highest BCUT2D eigenvalue weighted by Gasteiger charge is 2.20. The first kappa shape index (κ1) is 12.6. The second-order valence-electron chi connectivity index (χ2n) is 3.13. The normalized spacial score (nSPS) is 12.8. The minimum Gasteiger partial charge on any atom is -0.207 e. The highest BCUT2D eigenvalue weighted by molar-refractivity contribution is 9.11. The second-order valence-corrected chi connectivity index (χ2v) is 6.26. The van der Waals surface area contributed by atoms with Gasteiger partial charge in [-0.3, -0.25) is 0 Å². The minimum atomic E-state index is -0.249. The molecule has 0 amide bonds. The lowest BCUT2D eigenvalue weighted by Crippen LogP contribution is -1.96. The summed E-state index contributed by atoms with van der Waals surface area (Å²) < 4.78 is 14.5. The van der Waals surface area contributed by atoms with Gasteiger partial charge in [0, 0.05) is 14.9 Å². The van der Waals surface area contributed by atoms with Gasteiger partial charge in [0.2, 0.25) is 0 Å². The van der Waals surface area contributed by atoms with E-state index in [1.807, 2.05) is 17.5 Å². The van der Waals surface area contributed by atoms with Crippen LogP contribution >= 0.6 is 54.8 Å². The van der Waals surface area contributed by atoms with E-state index in [2.05, 4.69) is 31.9 Å². The predicted octanol–water partition coefficient (Wildman–Crippen LogP) is 5.79. The van der Waals surface area contributed by atoms with Gasteiger partial charge in [0.15, 0.2) is 0 Å². The third-order valence-corrected chi connectivity index (χ3v) is 5.46. The van der Waals surface area contributed by atoms with E-state index < -0.39 is 0 Å². The first-order valence-corrected chi connectivity index (χ1v) is 7.38. The molecule has 1 heterocycles.